The first kappa shape index (κ1) is 36.2. The SMILES string of the molecule is C=C[C@H](OC(C)=O)[C@H](OCc1ccccc1)[C@@H](OCc1ccccc1)[C@H](OCc1ccccc1)[C@@H](COCc1ccccc1)OC(C)=O. The van der Waals surface area contributed by atoms with E-state index in [1.807, 2.05) is 121 Å². The average molecular weight is 653 g/mol. The lowest BCUT2D eigenvalue weighted by atomic mass is 9.97. The van der Waals surface area contributed by atoms with Crippen LogP contribution < -0.4 is 0 Å². The Morgan fingerprint density at radius 3 is 1.31 bits per heavy atom. The molecule has 0 aliphatic rings. The molecule has 48 heavy (non-hydrogen) atoms. The molecule has 0 fully saturated rings. The van der Waals surface area contributed by atoms with E-state index in [1.54, 1.807) is 0 Å². The normalized spacial score (nSPS) is 14.2. The molecule has 0 bridgehead atoms. The second kappa shape index (κ2) is 19.9. The van der Waals surface area contributed by atoms with Gasteiger partial charge in [0.15, 0.2) is 6.10 Å². The molecule has 0 heterocycles. The van der Waals surface area contributed by atoms with Gasteiger partial charge in [0.05, 0.1) is 33.0 Å². The molecule has 4 rings (SSSR count). The van der Waals surface area contributed by atoms with Crippen LogP contribution in [0.5, 0.6) is 0 Å². The highest BCUT2D eigenvalue weighted by atomic mass is 16.6. The average Bonchev–Trinajstić information content (AvgIpc) is 3.11. The van der Waals surface area contributed by atoms with E-state index in [4.69, 9.17) is 28.4 Å². The maximum atomic E-state index is 12.6. The number of rotatable bonds is 20. The van der Waals surface area contributed by atoms with E-state index in [9.17, 15) is 9.59 Å². The van der Waals surface area contributed by atoms with Crippen molar-refractivity contribution in [3.63, 3.8) is 0 Å². The number of ether oxygens (including phenoxy) is 6. The predicted octanol–water partition coefficient (Wildman–Crippen LogP) is 7.01. The first-order chi connectivity index (χ1) is 23.4. The van der Waals surface area contributed by atoms with Crippen LogP contribution in [0.4, 0.5) is 0 Å². The molecule has 0 amide bonds. The summed E-state index contributed by atoms with van der Waals surface area (Å²) in [5.74, 6) is -1.03. The number of esters is 2. The molecule has 0 aliphatic heterocycles. The molecule has 0 saturated carbocycles. The Hall–Kier alpha value is -4.60. The first-order valence-corrected chi connectivity index (χ1v) is 16.0. The zero-order valence-corrected chi connectivity index (χ0v) is 27.5. The zero-order chi connectivity index (χ0) is 34.0. The van der Waals surface area contributed by atoms with Gasteiger partial charge in [0.1, 0.15) is 24.4 Å². The van der Waals surface area contributed by atoms with Crippen molar-refractivity contribution in [2.45, 2.75) is 70.8 Å². The third-order valence-electron chi connectivity index (χ3n) is 7.44. The zero-order valence-electron chi connectivity index (χ0n) is 27.5. The highest BCUT2D eigenvalue weighted by molar-refractivity contribution is 5.66. The summed E-state index contributed by atoms with van der Waals surface area (Å²) in [5, 5.41) is 0. The van der Waals surface area contributed by atoms with Gasteiger partial charge >= 0.3 is 11.9 Å². The third-order valence-corrected chi connectivity index (χ3v) is 7.44. The fraction of sp³-hybridized carbons (Fsp3) is 0.300. The van der Waals surface area contributed by atoms with Gasteiger partial charge in [-0.25, -0.2) is 0 Å². The minimum atomic E-state index is -0.940. The van der Waals surface area contributed by atoms with E-state index < -0.39 is 42.5 Å². The Morgan fingerprint density at radius 1 is 0.542 bits per heavy atom. The summed E-state index contributed by atoms with van der Waals surface area (Å²) in [6, 6.07) is 38.6. The van der Waals surface area contributed by atoms with Crippen LogP contribution in [-0.4, -0.2) is 49.1 Å². The Bertz CT molecular complexity index is 1500. The molecule has 0 saturated heterocycles. The highest BCUT2D eigenvalue weighted by Crippen LogP contribution is 2.26. The number of carbonyl (C=O) groups is 2. The summed E-state index contributed by atoms with van der Waals surface area (Å²) in [4.78, 5) is 24.9. The molecule has 8 nitrogen and oxygen atoms in total. The van der Waals surface area contributed by atoms with Gasteiger partial charge in [0.25, 0.3) is 0 Å². The number of carbonyl (C=O) groups excluding carboxylic acids is 2. The molecule has 8 heteroatoms. The maximum absolute atomic E-state index is 12.6. The maximum Gasteiger partial charge on any atom is 0.303 e. The summed E-state index contributed by atoms with van der Waals surface area (Å²) < 4.78 is 37.7. The Balaban J connectivity index is 1.75. The van der Waals surface area contributed by atoms with Crippen LogP contribution in [0.1, 0.15) is 36.1 Å². The van der Waals surface area contributed by atoms with Crippen molar-refractivity contribution in [2.24, 2.45) is 0 Å². The largest absolute Gasteiger partial charge is 0.457 e. The summed E-state index contributed by atoms with van der Waals surface area (Å²) in [7, 11) is 0. The number of hydrogen-bond acceptors (Lipinski definition) is 8. The van der Waals surface area contributed by atoms with Crippen molar-refractivity contribution in [2.75, 3.05) is 6.61 Å². The van der Waals surface area contributed by atoms with Gasteiger partial charge in [-0.3, -0.25) is 9.59 Å². The quantitative estimate of drug-likeness (QED) is 0.0745. The van der Waals surface area contributed by atoms with Gasteiger partial charge in [0, 0.05) is 13.8 Å². The van der Waals surface area contributed by atoms with E-state index in [1.165, 1.54) is 19.9 Å². The Morgan fingerprint density at radius 2 is 0.917 bits per heavy atom. The second-order valence-electron chi connectivity index (χ2n) is 11.2. The molecule has 5 atom stereocenters. The molecule has 0 aliphatic carbocycles. The smallest absolute Gasteiger partial charge is 0.303 e. The van der Waals surface area contributed by atoms with Crippen LogP contribution in [0.15, 0.2) is 134 Å². The lowest BCUT2D eigenvalue weighted by Crippen LogP contribution is -2.55. The highest BCUT2D eigenvalue weighted by Gasteiger charge is 2.43. The van der Waals surface area contributed by atoms with Crippen LogP contribution in [0.3, 0.4) is 0 Å². The van der Waals surface area contributed by atoms with E-state index in [2.05, 4.69) is 6.58 Å². The Kier molecular flexibility index (Phi) is 15.0. The standard InChI is InChI=1S/C40H44O8/c1-4-36(47-30(2)41)38(44-26-33-19-11-6-12-20-33)40(46-28-35-23-15-8-16-24-35)39(45-27-34-21-13-7-14-22-34)37(48-31(3)42)29-43-25-32-17-9-5-10-18-32/h4-24,36-40H,1,25-29H2,2-3H3/t36-,37+,38-,39+,40+/m0/s1. The molecule has 0 radical (unpaired) electrons. The Labute approximate surface area is 283 Å². The fourth-order valence-corrected chi connectivity index (χ4v) is 5.18. The summed E-state index contributed by atoms with van der Waals surface area (Å²) in [5.41, 5.74) is 3.67. The molecule has 4 aromatic carbocycles. The van der Waals surface area contributed by atoms with Gasteiger partial charge in [-0.15, -0.1) is 0 Å². The van der Waals surface area contributed by atoms with Crippen molar-refractivity contribution in [1.29, 1.82) is 0 Å². The fourth-order valence-electron chi connectivity index (χ4n) is 5.18. The van der Waals surface area contributed by atoms with Gasteiger partial charge in [-0.05, 0) is 28.3 Å². The molecule has 0 N–H and O–H groups in total. The summed E-state index contributed by atoms with van der Waals surface area (Å²) in [6.45, 7) is 7.43. The van der Waals surface area contributed by atoms with Crippen molar-refractivity contribution in [3.8, 4) is 0 Å². The van der Waals surface area contributed by atoms with Crippen molar-refractivity contribution in [3.05, 3.63) is 156 Å². The number of benzene rings is 4. The van der Waals surface area contributed by atoms with Gasteiger partial charge in [0.2, 0.25) is 0 Å². The van der Waals surface area contributed by atoms with E-state index in [-0.39, 0.29) is 33.0 Å². The lowest BCUT2D eigenvalue weighted by molar-refractivity contribution is -0.213. The monoisotopic (exact) mass is 652 g/mol. The minimum absolute atomic E-state index is 0.00312. The van der Waals surface area contributed by atoms with Crippen LogP contribution in [0, 0.1) is 0 Å². The molecular formula is C40H44O8. The third kappa shape index (κ3) is 12.2. The predicted molar refractivity (Wildman–Crippen MR) is 182 cm³/mol. The van der Waals surface area contributed by atoms with Gasteiger partial charge < -0.3 is 28.4 Å². The van der Waals surface area contributed by atoms with Crippen molar-refractivity contribution in [1.82, 2.24) is 0 Å². The van der Waals surface area contributed by atoms with Crippen LogP contribution in [-0.2, 0) is 64.4 Å². The molecule has 0 unspecified atom stereocenters. The van der Waals surface area contributed by atoms with Crippen LogP contribution in [0.25, 0.3) is 0 Å². The molecule has 0 spiro atoms. The van der Waals surface area contributed by atoms with Crippen molar-refractivity contribution >= 4 is 11.9 Å². The summed E-state index contributed by atoms with van der Waals surface area (Å²) in [6.07, 6.45) is -3.16. The second-order valence-corrected chi connectivity index (χ2v) is 11.2. The molecule has 0 aromatic heterocycles. The van der Waals surface area contributed by atoms with E-state index >= 15 is 0 Å². The molecular weight excluding hydrogens is 608 g/mol. The lowest BCUT2D eigenvalue weighted by Gasteiger charge is -2.39. The van der Waals surface area contributed by atoms with Gasteiger partial charge in [-0.2, -0.15) is 0 Å². The number of hydrogen-bond donors (Lipinski definition) is 0. The molecule has 252 valence electrons. The van der Waals surface area contributed by atoms with Crippen molar-refractivity contribution < 1.29 is 38.0 Å². The first-order valence-electron chi connectivity index (χ1n) is 16.0. The van der Waals surface area contributed by atoms with E-state index in [0.717, 1.165) is 22.3 Å². The topological polar surface area (TPSA) is 89.5 Å². The van der Waals surface area contributed by atoms with E-state index in [0.29, 0.717) is 0 Å². The minimum Gasteiger partial charge on any atom is -0.457 e. The van der Waals surface area contributed by atoms with Crippen LogP contribution >= 0.6 is 0 Å². The van der Waals surface area contributed by atoms with Crippen LogP contribution in [0.2, 0.25) is 0 Å². The molecule has 4 aromatic rings. The summed E-state index contributed by atoms with van der Waals surface area (Å²) >= 11 is 0. The van der Waals surface area contributed by atoms with Gasteiger partial charge in [-0.1, -0.05) is 128 Å².